The SMILES string of the molecule is COc1ccc(C2=C(Nc3ccccc3OC)C(=O)N(c3cccc(N(C)C)c3)C2=O)cc1. The molecule has 0 radical (unpaired) electrons. The number of hydrogen-bond donors (Lipinski definition) is 1. The smallest absolute Gasteiger partial charge is 0.282 e. The number of nitrogens with zero attached hydrogens (tertiary/aromatic N) is 2. The molecule has 2 amide bonds. The first-order valence-corrected chi connectivity index (χ1v) is 10.4. The molecule has 7 heteroatoms. The number of anilines is 3. The van der Waals surface area contributed by atoms with Crippen LogP contribution in [0.4, 0.5) is 17.1 Å². The first-order chi connectivity index (χ1) is 15.9. The minimum atomic E-state index is -0.437. The van der Waals surface area contributed by atoms with Crippen molar-refractivity contribution in [1.29, 1.82) is 0 Å². The van der Waals surface area contributed by atoms with Gasteiger partial charge < -0.3 is 19.7 Å². The number of nitrogens with one attached hydrogen (secondary N) is 1. The van der Waals surface area contributed by atoms with Gasteiger partial charge in [0.05, 0.1) is 31.2 Å². The number of methoxy groups -OCH3 is 2. The predicted octanol–water partition coefficient (Wildman–Crippen LogP) is 4.17. The molecule has 3 aromatic rings. The lowest BCUT2D eigenvalue weighted by Crippen LogP contribution is -2.32. The highest BCUT2D eigenvalue weighted by Crippen LogP contribution is 2.36. The van der Waals surface area contributed by atoms with Crippen molar-refractivity contribution in [2.75, 3.05) is 43.4 Å². The molecule has 0 saturated heterocycles. The average molecular weight is 444 g/mol. The molecule has 0 aliphatic carbocycles. The molecule has 1 heterocycles. The van der Waals surface area contributed by atoms with Gasteiger partial charge in [0.15, 0.2) is 0 Å². The van der Waals surface area contributed by atoms with Crippen LogP contribution in [0.2, 0.25) is 0 Å². The van der Waals surface area contributed by atoms with E-state index < -0.39 is 11.8 Å². The summed E-state index contributed by atoms with van der Waals surface area (Å²) in [6.07, 6.45) is 0. The van der Waals surface area contributed by atoms with Crippen LogP contribution in [-0.4, -0.2) is 40.1 Å². The van der Waals surface area contributed by atoms with Crippen molar-refractivity contribution in [1.82, 2.24) is 0 Å². The highest BCUT2D eigenvalue weighted by molar-refractivity contribution is 6.46. The zero-order chi connectivity index (χ0) is 23.5. The van der Waals surface area contributed by atoms with Crippen LogP contribution < -0.4 is 24.6 Å². The molecule has 1 aliphatic rings. The fourth-order valence-corrected chi connectivity index (χ4v) is 3.70. The molecular formula is C26H25N3O4. The summed E-state index contributed by atoms with van der Waals surface area (Å²) in [6, 6.07) is 21.6. The van der Waals surface area contributed by atoms with Gasteiger partial charge >= 0.3 is 0 Å². The first kappa shape index (κ1) is 22.0. The summed E-state index contributed by atoms with van der Waals surface area (Å²) in [6.45, 7) is 0. The van der Waals surface area contributed by atoms with Crippen molar-refractivity contribution in [2.24, 2.45) is 0 Å². The fraction of sp³-hybridized carbons (Fsp3) is 0.154. The van der Waals surface area contributed by atoms with E-state index in [1.165, 1.54) is 4.90 Å². The number of imide groups is 1. The summed E-state index contributed by atoms with van der Waals surface area (Å²) < 4.78 is 10.7. The zero-order valence-corrected chi connectivity index (χ0v) is 19.0. The number of rotatable bonds is 7. The molecular weight excluding hydrogens is 418 g/mol. The Morgan fingerprint density at radius 3 is 2.21 bits per heavy atom. The normalized spacial score (nSPS) is 13.4. The summed E-state index contributed by atoms with van der Waals surface area (Å²) >= 11 is 0. The summed E-state index contributed by atoms with van der Waals surface area (Å²) in [5.41, 5.74) is 3.04. The third kappa shape index (κ3) is 4.13. The minimum Gasteiger partial charge on any atom is -0.497 e. The molecule has 0 unspecified atom stereocenters. The van der Waals surface area contributed by atoms with Crippen molar-refractivity contribution in [3.63, 3.8) is 0 Å². The van der Waals surface area contributed by atoms with Crippen molar-refractivity contribution in [3.8, 4) is 11.5 Å². The molecule has 3 aromatic carbocycles. The quantitative estimate of drug-likeness (QED) is 0.553. The standard InChI is InChI=1S/C26H25N3O4/c1-28(2)18-8-7-9-19(16-18)29-25(30)23(17-12-14-20(32-3)15-13-17)24(26(29)31)27-21-10-5-6-11-22(21)33-4/h5-16,27H,1-4H3. The Bertz CT molecular complexity index is 1230. The van der Waals surface area contributed by atoms with Crippen LogP contribution in [0.15, 0.2) is 78.5 Å². The van der Waals surface area contributed by atoms with Gasteiger partial charge in [0.1, 0.15) is 17.2 Å². The van der Waals surface area contributed by atoms with Gasteiger partial charge in [-0.2, -0.15) is 0 Å². The molecule has 0 bridgehead atoms. The van der Waals surface area contributed by atoms with E-state index in [1.807, 2.05) is 49.3 Å². The van der Waals surface area contributed by atoms with Crippen molar-refractivity contribution >= 4 is 34.4 Å². The van der Waals surface area contributed by atoms with Crippen molar-refractivity contribution < 1.29 is 19.1 Å². The van der Waals surface area contributed by atoms with E-state index in [-0.39, 0.29) is 11.3 Å². The average Bonchev–Trinajstić information content (AvgIpc) is 3.08. The van der Waals surface area contributed by atoms with Crippen molar-refractivity contribution in [3.05, 3.63) is 84.1 Å². The summed E-state index contributed by atoms with van der Waals surface area (Å²) in [5, 5.41) is 3.16. The molecule has 0 saturated carbocycles. The fourth-order valence-electron chi connectivity index (χ4n) is 3.70. The van der Waals surface area contributed by atoms with Gasteiger partial charge in [-0.15, -0.1) is 0 Å². The largest absolute Gasteiger partial charge is 0.497 e. The van der Waals surface area contributed by atoms with Crippen molar-refractivity contribution in [2.45, 2.75) is 0 Å². The summed E-state index contributed by atoms with van der Waals surface area (Å²) in [4.78, 5) is 30.4. The number of carbonyl (C=O) groups is 2. The Morgan fingerprint density at radius 2 is 1.55 bits per heavy atom. The van der Waals surface area contributed by atoms with Crippen LogP contribution in [0.1, 0.15) is 5.56 Å². The first-order valence-electron chi connectivity index (χ1n) is 10.4. The van der Waals surface area contributed by atoms with Gasteiger partial charge in [-0.1, -0.05) is 30.3 Å². The van der Waals surface area contributed by atoms with Gasteiger partial charge in [0.2, 0.25) is 0 Å². The highest BCUT2D eigenvalue weighted by Gasteiger charge is 2.40. The number of carbonyl (C=O) groups excluding carboxylic acids is 2. The third-order valence-electron chi connectivity index (χ3n) is 5.43. The van der Waals surface area contributed by atoms with Crippen LogP contribution in [-0.2, 0) is 9.59 Å². The lowest BCUT2D eigenvalue weighted by molar-refractivity contribution is -0.120. The summed E-state index contributed by atoms with van der Waals surface area (Å²) in [5.74, 6) is 0.379. The second-order valence-electron chi connectivity index (χ2n) is 7.66. The van der Waals surface area contributed by atoms with Gasteiger partial charge in [0.25, 0.3) is 11.8 Å². The molecule has 0 atom stereocenters. The molecule has 33 heavy (non-hydrogen) atoms. The molecule has 0 spiro atoms. The summed E-state index contributed by atoms with van der Waals surface area (Å²) in [7, 11) is 6.94. The van der Waals surface area contributed by atoms with E-state index >= 15 is 0 Å². The van der Waals surface area contributed by atoms with Gasteiger partial charge in [-0.3, -0.25) is 9.59 Å². The second kappa shape index (κ2) is 9.08. The van der Waals surface area contributed by atoms with Crippen LogP contribution in [0.5, 0.6) is 11.5 Å². The van der Waals surface area contributed by atoms with Gasteiger partial charge in [0, 0.05) is 19.8 Å². The predicted molar refractivity (Wildman–Crippen MR) is 130 cm³/mol. The van der Waals surface area contributed by atoms with Crippen LogP contribution in [0.3, 0.4) is 0 Å². The van der Waals surface area contributed by atoms with E-state index in [1.54, 1.807) is 56.7 Å². The molecule has 1 aliphatic heterocycles. The number of benzene rings is 3. The Balaban J connectivity index is 1.83. The Morgan fingerprint density at radius 1 is 0.818 bits per heavy atom. The molecule has 1 N–H and O–H groups in total. The number of amides is 2. The zero-order valence-electron chi connectivity index (χ0n) is 19.0. The molecule has 0 fully saturated rings. The minimum absolute atomic E-state index is 0.185. The van der Waals surface area contributed by atoms with Gasteiger partial charge in [-0.05, 0) is 48.0 Å². The monoisotopic (exact) mass is 443 g/mol. The Labute approximate surface area is 192 Å². The second-order valence-corrected chi connectivity index (χ2v) is 7.66. The number of hydrogen-bond acceptors (Lipinski definition) is 6. The Kier molecular flexibility index (Phi) is 6.04. The maximum absolute atomic E-state index is 13.6. The number of para-hydroxylation sites is 2. The van der Waals surface area contributed by atoms with E-state index in [9.17, 15) is 9.59 Å². The molecule has 168 valence electrons. The third-order valence-corrected chi connectivity index (χ3v) is 5.43. The van der Waals surface area contributed by atoms with E-state index in [2.05, 4.69) is 5.32 Å². The highest BCUT2D eigenvalue weighted by atomic mass is 16.5. The van der Waals surface area contributed by atoms with E-state index in [0.717, 1.165) is 5.69 Å². The van der Waals surface area contributed by atoms with Crippen LogP contribution >= 0.6 is 0 Å². The molecule has 7 nitrogen and oxygen atoms in total. The van der Waals surface area contributed by atoms with Crippen LogP contribution in [0, 0.1) is 0 Å². The topological polar surface area (TPSA) is 71.1 Å². The maximum atomic E-state index is 13.6. The lowest BCUT2D eigenvalue weighted by atomic mass is 10.0. The Hall–Kier alpha value is -4.26. The molecule has 0 aromatic heterocycles. The maximum Gasteiger partial charge on any atom is 0.282 e. The van der Waals surface area contributed by atoms with E-state index in [0.29, 0.717) is 28.4 Å². The lowest BCUT2D eigenvalue weighted by Gasteiger charge is -2.19. The molecule has 4 rings (SSSR count). The van der Waals surface area contributed by atoms with E-state index in [4.69, 9.17) is 9.47 Å². The number of ether oxygens (including phenoxy) is 2. The van der Waals surface area contributed by atoms with Gasteiger partial charge in [-0.25, -0.2) is 4.90 Å². The van der Waals surface area contributed by atoms with Crippen LogP contribution in [0.25, 0.3) is 5.57 Å².